The Bertz CT molecular complexity index is 355. The van der Waals surface area contributed by atoms with Crippen molar-refractivity contribution in [1.29, 1.82) is 0 Å². The molecule has 0 spiro atoms. The van der Waals surface area contributed by atoms with Gasteiger partial charge in [0, 0.05) is 7.05 Å². The number of nitrogens with one attached hydrogen (secondary N) is 1. The van der Waals surface area contributed by atoms with Crippen molar-refractivity contribution in [2.24, 2.45) is 7.05 Å². The average molecular weight is 190 g/mol. The van der Waals surface area contributed by atoms with E-state index in [1.165, 1.54) is 10.9 Å². The van der Waals surface area contributed by atoms with Crippen molar-refractivity contribution in [1.82, 2.24) is 19.7 Å². The molecule has 0 fully saturated rings. The van der Waals surface area contributed by atoms with Crippen molar-refractivity contribution < 1.29 is 8.42 Å². The summed E-state index contributed by atoms with van der Waals surface area (Å²) in [5.41, 5.74) is 0.723. The fourth-order valence-corrected chi connectivity index (χ4v) is 1.09. The summed E-state index contributed by atoms with van der Waals surface area (Å²) in [4.78, 5) is 0. The Labute approximate surface area is 70.6 Å². The van der Waals surface area contributed by atoms with Crippen LogP contribution in [-0.4, -0.2) is 29.7 Å². The monoisotopic (exact) mass is 190 g/mol. The van der Waals surface area contributed by atoms with Gasteiger partial charge in [0.25, 0.3) is 0 Å². The molecule has 0 unspecified atom stereocenters. The molecule has 1 aromatic heterocycles. The number of aromatic nitrogens is 3. The molecule has 0 radical (unpaired) electrons. The molecule has 12 heavy (non-hydrogen) atoms. The van der Waals surface area contributed by atoms with Crippen LogP contribution in [0.15, 0.2) is 6.20 Å². The normalized spacial score (nSPS) is 11.8. The van der Waals surface area contributed by atoms with Gasteiger partial charge in [0.2, 0.25) is 10.0 Å². The Hall–Kier alpha value is -0.950. The molecule has 1 heterocycles. The molecular formula is C5H10N4O2S. The van der Waals surface area contributed by atoms with E-state index in [9.17, 15) is 8.42 Å². The third kappa shape index (κ3) is 2.59. The second-order valence-corrected chi connectivity index (χ2v) is 4.28. The Morgan fingerprint density at radius 3 is 2.75 bits per heavy atom. The highest BCUT2D eigenvalue weighted by Gasteiger charge is 2.03. The fourth-order valence-electron chi connectivity index (χ4n) is 0.676. The lowest BCUT2D eigenvalue weighted by atomic mass is 10.5. The molecule has 6 nitrogen and oxygen atoms in total. The molecule has 68 valence electrons. The molecule has 0 saturated carbocycles. The first-order valence-corrected chi connectivity index (χ1v) is 5.16. The van der Waals surface area contributed by atoms with Crippen molar-refractivity contribution in [2.75, 3.05) is 6.26 Å². The Morgan fingerprint density at radius 2 is 2.33 bits per heavy atom. The van der Waals surface area contributed by atoms with E-state index in [2.05, 4.69) is 15.0 Å². The van der Waals surface area contributed by atoms with Crippen molar-refractivity contribution in [3.63, 3.8) is 0 Å². The van der Waals surface area contributed by atoms with Crippen molar-refractivity contribution in [2.45, 2.75) is 6.54 Å². The second-order valence-electron chi connectivity index (χ2n) is 2.44. The van der Waals surface area contributed by atoms with Gasteiger partial charge in [0.05, 0.1) is 24.7 Å². The fraction of sp³-hybridized carbons (Fsp3) is 0.600. The molecule has 7 heteroatoms. The topological polar surface area (TPSA) is 76.9 Å². The number of rotatable bonds is 3. The van der Waals surface area contributed by atoms with E-state index in [-0.39, 0.29) is 6.54 Å². The summed E-state index contributed by atoms with van der Waals surface area (Å²) in [5.74, 6) is 0. The minimum atomic E-state index is -3.14. The van der Waals surface area contributed by atoms with E-state index < -0.39 is 10.0 Å². The zero-order chi connectivity index (χ0) is 9.19. The summed E-state index contributed by atoms with van der Waals surface area (Å²) in [7, 11) is -1.44. The summed E-state index contributed by atoms with van der Waals surface area (Å²) in [6.07, 6.45) is 2.62. The smallest absolute Gasteiger partial charge is 0.209 e. The largest absolute Gasteiger partial charge is 0.251 e. The Morgan fingerprint density at radius 1 is 1.67 bits per heavy atom. The molecule has 0 amide bonds. The maximum Gasteiger partial charge on any atom is 0.209 e. The zero-order valence-electron chi connectivity index (χ0n) is 6.85. The SMILES string of the molecule is Cn1nncc1CNS(C)(=O)=O. The van der Waals surface area contributed by atoms with Gasteiger partial charge in [-0.25, -0.2) is 13.1 Å². The predicted octanol–water partition coefficient (Wildman–Crippen LogP) is -1.14. The van der Waals surface area contributed by atoms with Gasteiger partial charge in [0.15, 0.2) is 0 Å². The predicted molar refractivity (Wildman–Crippen MR) is 42.7 cm³/mol. The first-order chi connectivity index (χ1) is 5.49. The number of hydrogen-bond acceptors (Lipinski definition) is 4. The summed E-state index contributed by atoms with van der Waals surface area (Å²) in [5, 5.41) is 7.25. The maximum absolute atomic E-state index is 10.7. The van der Waals surface area contributed by atoms with Gasteiger partial charge in [-0.15, -0.1) is 5.10 Å². The minimum Gasteiger partial charge on any atom is -0.251 e. The summed E-state index contributed by atoms with van der Waals surface area (Å²) in [6.45, 7) is 0.225. The molecule has 1 N–H and O–H groups in total. The third-order valence-corrected chi connectivity index (χ3v) is 1.99. The lowest BCUT2D eigenvalue weighted by Crippen LogP contribution is -2.22. The quantitative estimate of drug-likeness (QED) is 0.654. The van der Waals surface area contributed by atoms with Gasteiger partial charge >= 0.3 is 0 Å². The minimum absolute atomic E-state index is 0.225. The van der Waals surface area contributed by atoms with Crippen LogP contribution in [0, 0.1) is 0 Å². The van der Waals surface area contributed by atoms with Crippen LogP contribution >= 0.6 is 0 Å². The molecule has 0 saturated heterocycles. The molecule has 1 rings (SSSR count). The molecule has 0 aliphatic carbocycles. The van der Waals surface area contributed by atoms with Gasteiger partial charge in [0.1, 0.15) is 0 Å². The molecular weight excluding hydrogens is 180 g/mol. The number of nitrogens with zero attached hydrogens (tertiary/aromatic N) is 3. The van der Waals surface area contributed by atoms with Crippen molar-refractivity contribution in [3.05, 3.63) is 11.9 Å². The average Bonchev–Trinajstić information content (AvgIpc) is 2.29. The van der Waals surface area contributed by atoms with Crippen LogP contribution in [0.5, 0.6) is 0 Å². The Kier molecular flexibility index (Phi) is 2.43. The van der Waals surface area contributed by atoms with Gasteiger partial charge < -0.3 is 0 Å². The first kappa shape index (κ1) is 9.14. The van der Waals surface area contributed by atoms with E-state index in [1.54, 1.807) is 7.05 Å². The van der Waals surface area contributed by atoms with Crippen LogP contribution < -0.4 is 4.72 Å². The third-order valence-electron chi connectivity index (χ3n) is 1.32. The van der Waals surface area contributed by atoms with Crippen LogP contribution in [0.25, 0.3) is 0 Å². The van der Waals surface area contributed by atoms with Crippen LogP contribution in [0.4, 0.5) is 0 Å². The zero-order valence-corrected chi connectivity index (χ0v) is 7.67. The first-order valence-electron chi connectivity index (χ1n) is 3.27. The molecule has 0 aliphatic rings. The van der Waals surface area contributed by atoms with Gasteiger partial charge in [-0.1, -0.05) is 5.21 Å². The van der Waals surface area contributed by atoms with E-state index in [0.717, 1.165) is 11.9 Å². The highest BCUT2D eigenvalue weighted by molar-refractivity contribution is 7.88. The van der Waals surface area contributed by atoms with Gasteiger partial charge in [-0.2, -0.15) is 0 Å². The molecule has 0 atom stereocenters. The summed E-state index contributed by atoms with van der Waals surface area (Å²) < 4.78 is 25.2. The van der Waals surface area contributed by atoms with Crippen LogP contribution in [0.3, 0.4) is 0 Å². The summed E-state index contributed by atoms with van der Waals surface area (Å²) in [6, 6.07) is 0. The van der Waals surface area contributed by atoms with Crippen LogP contribution in [0.1, 0.15) is 5.69 Å². The second kappa shape index (κ2) is 3.20. The highest BCUT2D eigenvalue weighted by Crippen LogP contribution is 1.92. The number of sulfonamides is 1. The van der Waals surface area contributed by atoms with Crippen molar-refractivity contribution >= 4 is 10.0 Å². The molecule has 0 aromatic carbocycles. The lowest BCUT2D eigenvalue weighted by Gasteiger charge is -2.00. The molecule has 0 bridgehead atoms. The maximum atomic E-state index is 10.7. The number of hydrogen-bond donors (Lipinski definition) is 1. The molecule has 0 aliphatic heterocycles. The standard InChI is InChI=1S/C5H10N4O2S/c1-9-5(3-6-8-9)4-7-12(2,10)11/h3,7H,4H2,1-2H3. The van der Waals surface area contributed by atoms with Crippen molar-refractivity contribution in [3.8, 4) is 0 Å². The van der Waals surface area contributed by atoms with E-state index in [1.807, 2.05) is 0 Å². The van der Waals surface area contributed by atoms with Crippen LogP contribution in [0.2, 0.25) is 0 Å². The number of aryl methyl sites for hydroxylation is 1. The lowest BCUT2D eigenvalue weighted by molar-refractivity contribution is 0.582. The van der Waals surface area contributed by atoms with E-state index in [0.29, 0.717) is 0 Å². The highest BCUT2D eigenvalue weighted by atomic mass is 32.2. The molecule has 1 aromatic rings. The van der Waals surface area contributed by atoms with E-state index >= 15 is 0 Å². The van der Waals surface area contributed by atoms with Gasteiger partial charge in [-0.3, -0.25) is 4.68 Å². The summed E-state index contributed by atoms with van der Waals surface area (Å²) >= 11 is 0. The van der Waals surface area contributed by atoms with Crippen LogP contribution in [-0.2, 0) is 23.6 Å². The van der Waals surface area contributed by atoms with Gasteiger partial charge in [-0.05, 0) is 0 Å². The Balaban J connectivity index is 2.61. The van der Waals surface area contributed by atoms with E-state index in [4.69, 9.17) is 0 Å².